The van der Waals surface area contributed by atoms with Gasteiger partial charge in [0.1, 0.15) is 0 Å². The number of amides is 1. The highest BCUT2D eigenvalue weighted by atomic mass is 79.9. The minimum absolute atomic E-state index is 0.0322. The van der Waals surface area contributed by atoms with Gasteiger partial charge >= 0.3 is 0 Å². The average molecular weight is 448 g/mol. The number of halogens is 1. The predicted molar refractivity (Wildman–Crippen MR) is 119 cm³/mol. The van der Waals surface area contributed by atoms with Crippen LogP contribution in [0.25, 0.3) is 11.1 Å². The third-order valence-corrected chi connectivity index (χ3v) is 5.01. The summed E-state index contributed by atoms with van der Waals surface area (Å²) in [4.78, 5) is 19.7. The fourth-order valence-corrected chi connectivity index (χ4v) is 3.63. The topological polar surface area (TPSA) is 68.5 Å². The smallest absolute Gasteiger partial charge is 0.254 e. The number of nitrogens with two attached hydrogens (primary N) is 1. The Labute approximate surface area is 176 Å². The first-order chi connectivity index (χ1) is 13.3. The van der Waals surface area contributed by atoms with Crippen LogP contribution in [0.1, 0.15) is 57.8 Å². The van der Waals surface area contributed by atoms with Gasteiger partial charge in [0.25, 0.3) is 5.91 Å². The van der Waals surface area contributed by atoms with Crippen LogP contribution in [0.15, 0.2) is 34.9 Å². The largest absolute Gasteiger partial charge is 0.477 e. The molecule has 1 aromatic carbocycles. The molecule has 0 aliphatic carbocycles. The van der Waals surface area contributed by atoms with E-state index in [1.165, 1.54) is 0 Å². The van der Waals surface area contributed by atoms with Gasteiger partial charge in [-0.3, -0.25) is 4.79 Å². The number of unbranched alkanes of at least 4 members (excludes halogenated alkanes) is 1. The number of nitrogens with zero attached hydrogens (tertiary/aromatic N) is 2. The maximum Gasteiger partial charge on any atom is 0.254 e. The molecule has 0 bridgehead atoms. The molecule has 0 aliphatic rings. The molecule has 2 N–H and O–H groups in total. The van der Waals surface area contributed by atoms with E-state index in [9.17, 15) is 4.79 Å². The number of carbonyl (C=O) groups excluding carboxylic acids is 1. The van der Waals surface area contributed by atoms with E-state index in [1.54, 1.807) is 12.3 Å². The minimum atomic E-state index is -0.0322. The van der Waals surface area contributed by atoms with Gasteiger partial charge in [0.05, 0.1) is 12.2 Å². The van der Waals surface area contributed by atoms with Crippen LogP contribution < -0.4 is 10.5 Å². The molecule has 0 fully saturated rings. The number of aromatic nitrogens is 1. The monoisotopic (exact) mass is 447 g/mol. The van der Waals surface area contributed by atoms with Gasteiger partial charge in [-0.05, 0) is 58.4 Å². The van der Waals surface area contributed by atoms with Crippen molar-refractivity contribution in [2.75, 3.05) is 12.3 Å². The molecule has 0 radical (unpaired) electrons. The average Bonchev–Trinajstić information content (AvgIpc) is 2.61. The van der Waals surface area contributed by atoms with Gasteiger partial charge in [-0.25, -0.2) is 4.98 Å². The van der Waals surface area contributed by atoms with Crippen molar-refractivity contribution in [3.8, 4) is 17.0 Å². The first-order valence-electron chi connectivity index (χ1n) is 9.77. The van der Waals surface area contributed by atoms with Crippen LogP contribution in [0, 0.1) is 0 Å². The molecule has 6 heteroatoms. The van der Waals surface area contributed by atoms with Crippen molar-refractivity contribution in [1.29, 1.82) is 0 Å². The van der Waals surface area contributed by atoms with Crippen LogP contribution in [0.2, 0.25) is 0 Å². The fraction of sp³-hybridized carbons (Fsp3) is 0.455. The van der Waals surface area contributed by atoms with Gasteiger partial charge in [-0.1, -0.05) is 29.3 Å². The summed E-state index contributed by atoms with van der Waals surface area (Å²) in [5, 5.41) is 0. The van der Waals surface area contributed by atoms with E-state index >= 15 is 0 Å². The first kappa shape index (κ1) is 22.2. The van der Waals surface area contributed by atoms with E-state index in [0.717, 1.165) is 22.9 Å². The molecule has 0 saturated heterocycles. The second-order valence-electron chi connectivity index (χ2n) is 7.37. The number of hydrogen-bond acceptors (Lipinski definition) is 4. The molecule has 1 heterocycles. The quantitative estimate of drug-likeness (QED) is 0.539. The highest BCUT2D eigenvalue weighted by molar-refractivity contribution is 9.10. The number of rotatable bonds is 8. The molecule has 1 amide bonds. The zero-order valence-electron chi connectivity index (χ0n) is 17.3. The Hall–Kier alpha value is -2.08. The Morgan fingerprint density at radius 2 is 1.89 bits per heavy atom. The van der Waals surface area contributed by atoms with E-state index in [0.29, 0.717) is 29.3 Å². The highest BCUT2D eigenvalue weighted by Gasteiger charge is 2.26. The van der Waals surface area contributed by atoms with E-state index in [1.807, 2.05) is 50.8 Å². The van der Waals surface area contributed by atoms with Crippen LogP contribution in [0.3, 0.4) is 0 Å². The standard InChI is InChI=1S/C22H30BrN3O2/c1-6-7-12-28-21-20(19(24)10-11-25-21)18-13-16(23)8-9-17(18)22(27)26(14(2)3)15(4)5/h8-11,13-15H,6-7,12H2,1-5H3,(H2,24,25). The molecule has 0 unspecified atom stereocenters. The molecule has 0 aliphatic heterocycles. The number of nitrogen functional groups attached to an aromatic ring is 1. The number of hydrogen-bond donors (Lipinski definition) is 1. The van der Waals surface area contributed by atoms with Crippen LogP contribution in [0.5, 0.6) is 5.88 Å². The Morgan fingerprint density at radius 3 is 2.50 bits per heavy atom. The molecule has 28 heavy (non-hydrogen) atoms. The van der Waals surface area contributed by atoms with E-state index in [-0.39, 0.29) is 18.0 Å². The zero-order chi connectivity index (χ0) is 20.8. The lowest BCUT2D eigenvalue weighted by Crippen LogP contribution is -2.42. The highest BCUT2D eigenvalue weighted by Crippen LogP contribution is 2.38. The summed E-state index contributed by atoms with van der Waals surface area (Å²) in [5.74, 6) is 0.427. The molecule has 152 valence electrons. The second kappa shape index (κ2) is 9.92. The Bertz CT molecular complexity index is 813. The first-order valence-corrected chi connectivity index (χ1v) is 10.6. The predicted octanol–water partition coefficient (Wildman–Crippen LogP) is 5.53. The summed E-state index contributed by atoms with van der Waals surface area (Å²) in [6.07, 6.45) is 3.58. The van der Waals surface area contributed by atoms with Gasteiger partial charge in [0.2, 0.25) is 5.88 Å². The molecular formula is C22H30BrN3O2. The Kier molecular flexibility index (Phi) is 7.87. The normalized spacial score (nSPS) is 11.1. The summed E-state index contributed by atoms with van der Waals surface area (Å²) < 4.78 is 6.77. The third-order valence-electron chi connectivity index (χ3n) is 4.51. The van der Waals surface area contributed by atoms with Crippen molar-refractivity contribution in [2.45, 2.75) is 59.5 Å². The maximum atomic E-state index is 13.4. The Morgan fingerprint density at radius 1 is 1.21 bits per heavy atom. The van der Waals surface area contributed by atoms with Crippen molar-refractivity contribution < 1.29 is 9.53 Å². The van der Waals surface area contributed by atoms with Crippen LogP contribution in [0.4, 0.5) is 5.69 Å². The van der Waals surface area contributed by atoms with Gasteiger partial charge in [0.15, 0.2) is 0 Å². The molecule has 2 aromatic rings. The van der Waals surface area contributed by atoms with Crippen molar-refractivity contribution in [3.05, 3.63) is 40.5 Å². The summed E-state index contributed by atoms with van der Waals surface area (Å²) >= 11 is 3.52. The molecule has 2 rings (SSSR count). The van der Waals surface area contributed by atoms with Crippen LogP contribution in [-0.2, 0) is 0 Å². The van der Waals surface area contributed by atoms with Crippen molar-refractivity contribution in [2.24, 2.45) is 0 Å². The van der Waals surface area contributed by atoms with Gasteiger partial charge in [0, 0.05) is 39.6 Å². The lowest BCUT2D eigenvalue weighted by Gasteiger charge is -2.31. The maximum absolute atomic E-state index is 13.4. The molecule has 0 spiro atoms. The van der Waals surface area contributed by atoms with Crippen molar-refractivity contribution in [1.82, 2.24) is 9.88 Å². The number of benzene rings is 1. The number of anilines is 1. The lowest BCUT2D eigenvalue weighted by molar-refractivity contribution is 0.0644. The summed E-state index contributed by atoms with van der Waals surface area (Å²) in [5.41, 5.74) is 8.82. The second-order valence-corrected chi connectivity index (χ2v) is 8.29. The van der Waals surface area contributed by atoms with E-state index < -0.39 is 0 Å². The minimum Gasteiger partial charge on any atom is -0.477 e. The zero-order valence-corrected chi connectivity index (χ0v) is 18.9. The molecule has 5 nitrogen and oxygen atoms in total. The molecule has 0 atom stereocenters. The molecular weight excluding hydrogens is 418 g/mol. The van der Waals surface area contributed by atoms with Crippen molar-refractivity contribution >= 4 is 27.5 Å². The number of carbonyl (C=O) groups is 1. The molecule has 1 aromatic heterocycles. The van der Waals surface area contributed by atoms with Crippen LogP contribution in [-0.4, -0.2) is 34.5 Å². The summed E-state index contributed by atoms with van der Waals surface area (Å²) in [6.45, 7) is 10.8. The molecule has 0 saturated carbocycles. The SMILES string of the molecule is CCCCOc1nccc(N)c1-c1cc(Br)ccc1C(=O)N(C(C)C)C(C)C. The number of pyridine rings is 1. The van der Waals surface area contributed by atoms with E-state index in [2.05, 4.69) is 27.8 Å². The Balaban J connectivity index is 2.61. The fourth-order valence-electron chi connectivity index (χ4n) is 3.26. The van der Waals surface area contributed by atoms with Gasteiger partial charge < -0.3 is 15.4 Å². The summed E-state index contributed by atoms with van der Waals surface area (Å²) in [6, 6.07) is 7.51. The lowest BCUT2D eigenvalue weighted by atomic mass is 9.97. The van der Waals surface area contributed by atoms with Crippen molar-refractivity contribution in [3.63, 3.8) is 0 Å². The number of ether oxygens (including phenoxy) is 1. The van der Waals surface area contributed by atoms with Gasteiger partial charge in [-0.15, -0.1) is 0 Å². The summed E-state index contributed by atoms with van der Waals surface area (Å²) in [7, 11) is 0. The third kappa shape index (κ3) is 5.04. The van der Waals surface area contributed by atoms with E-state index in [4.69, 9.17) is 10.5 Å². The van der Waals surface area contributed by atoms with Gasteiger partial charge in [-0.2, -0.15) is 0 Å². The van der Waals surface area contributed by atoms with Crippen LogP contribution >= 0.6 is 15.9 Å².